The van der Waals surface area contributed by atoms with Gasteiger partial charge in [0.2, 0.25) is 5.13 Å². The molecule has 1 aliphatic heterocycles. The van der Waals surface area contributed by atoms with Crippen LogP contribution in [-0.2, 0) is 4.74 Å². The average Bonchev–Trinajstić information content (AvgIpc) is 3.17. The fraction of sp³-hybridized carbons (Fsp3) is 0.812. The molecule has 0 bridgehead atoms. The van der Waals surface area contributed by atoms with Gasteiger partial charge in [-0.15, -0.1) is 10.2 Å². The molecule has 7 heteroatoms. The van der Waals surface area contributed by atoms with Gasteiger partial charge in [0.05, 0.1) is 0 Å². The molecule has 1 N–H and O–H groups in total. The van der Waals surface area contributed by atoms with Crippen molar-refractivity contribution in [2.24, 2.45) is 5.92 Å². The summed E-state index contributed by atoms with van der Waals surface area (Å²) in [5, 5.41) is 12.4. The Morgan fingerprint density at radius 3 is 2.87 bits per heavy atom. The van der Waals surface area contributed by atoms with Crippen molar-refractivity contribution in [3.05, 3.63) is 5.51 Å². The third-order valence-electron chi connectivity index (χ3n) is 4.66. The van der Waals surface area contributed by atoms with Crippen molar-refractivity contribution >= 4 is 22.6 Å². The van der Waals surface area contributed by atoms with Crippen LogP contribution in [0.4, 0.5) is 9.93 Å². The van der Waals surface area contributed by atoms with Gasteiger partial charge in [0, 0.05) is 18.6 Å². The predicted octanol–water partition coefficient (Wildman–Crippen LogP) is 3.52. The van der Waals surface area contributed by atoms with Gasteiger partial charge in [0.25, 0.3) is 0 Å². The summed E-state index contributed by atoms with van der Waals surface area (Å²) in [6, 6.07) is 0.647. The monoisotopic (exact) mass is 338 g/mol. The smallest absolute Gasteiger partial charge is 0.410 e. The molecule has 0 radical (unpaired) electrons. The maximum absolute atomic E-state index is 12.5. The fourth-order valence-corrected chi connectivity index (χ4v) is 4.32. The zero-order valence-electron chi connectivity index (χ0n) is 14.1. The Labute approximate surface area is 141 Å². The van der Waals surface area contributed by atoms with Crippen molar-refractivity contribution in [3.8, 4) is 0 Å². The van der Waals surface area contributed by atoms with Crippen molar-refractivity contribution in [3.63, 3.8) is 0 Å². The van der Waals surface area contributed by atoms with Crippen molar-refractivity contribution in [2.45, 2.75) is 70.6 Å². The van der Waals surface area contributed by atoms with E-state index >= 15 is 0 Å². The number of aromatic nitrogens is 2. The molecule has 2 aliphatic rings. The first-order valence-electron chi connectivity index (χ1n) is 8.46. The molecule has 1 aromatic rings. The van der Waals surface area contributed by atoms with E-state index in [2.05, 4.69) is 15.5 Å². The molecule has 1 aliphatic carbocycles. The van der Waals surface area contributed by atoms with Crippen LogP contribution in [0.2, 0.25) is 0 Å². The van der Waals surface area contributed by atoms with E-state index in [9.17, 15) is 4.79 Å². The van der Waals surface area contributed by atoms with E-state index in [1.54, 1.807) is 5.51 Å². The second-order valence-corrected chi connectivity index (χ2v) is 8.31. The van der Waals surface area contributed by atoms with Crippen LogP contribution in [0.25, 0.3) is 0 Å². The number of amides is 1. The van der Waals surface area contributed by atoms with Crippen molar-refractivity contribution < 1.29 is 9.53 Å². The number of hydrogen-bond donors (Lipinski definition) is 1. The maximum Gasteiger partial charge on any atom is 0.410 e. The highest BCUT2D eigenvalue weighted by Crippen LogP contribution is 2.38. The van der Waals surface area contributed by atoms with E-state index in [1.165, 1.54) is 17.8 Å². The Kier molecular flexibility index (Phi) is 4.75. The maximum atomic E-state index is 12.5. The molecule has 1 saturated carbocycles. The normalized spacial score (nSPS) is 28.1. The topological polar surface area (TPSA) is 67.3 Å². The van der Waals surface area contributed by atoms with Gasteiger partial charge in [0.1, 0.15) is 11.1 Å². The molecule has 0 aromatic carbocycles. The number of likely N-dealkylation sites (tertiary alicyclic amines) is 1. The van der Waals surface area contributed by atoms with E-state index in [1.807, 2.05) is 25.7 Å². The molecule has 23 heavy (non-hydrogen) atoms. The summed E-state index contributed by atoms with van der Waals surface area (Å²) in [4.78, 5) is 14.5. The molecule has 3 rings (SSSR count). The van der Waals surface area contributed by atoms with Crippen LogP contribution in [0.3, 0.4) is 0 Å². The summed E-state index contributed by atoms with van der Waals surface area (Å²) in [5.74, 6) is 0.467. The van der Waals surface area contributed by atoms with E-state index in [0.717, 1.165) is 37.4 Å². The van der Waals surface area contributed by atoms with Crippen LogP contribution in [0, 0.1) is 5.92 Å². The van der Waals surface area contributed by atoms with Gasteiger partial charge in [-0.1, -0.05) is 17.8 Å². The minimum atomic E-state index is -0.440. The average molecular weight is 338 g/mol. The zero-order chi connectivity index (χ0) is 16.4. The first kappa shape index (κ1) is 16.5. The third-order valence-corrected chi connectivity index (χ3v) is 5.28. The van der Waals surface area contributed by atoms with Crippen molar-refractivity contribution in [1.82, 2.24) is 15.1 Å². The third kappa shape index (κ3) is 3.94. The Hall–Kier alpha value is -1.37. The molecule has 3 unspecified atom stereocenters. The number of rotatable bonds is 3. The molecular weight excluding hydrogens is 312 g/mol. The summed E-state index contributed by atoms with van der Waals surface area (Å²) < 4.78 is 5.60. The molecule has 128 valence electrons. The largest absolute Gasteiger partial charge is 0.444 e. The van der Waals surface area contributed by atoms with E-state index in [-0.39, 0.29) is 12.1 Å². The second-order valence-electron chi connectivity index (χ2n) is 7.47. The Morgan fingerprint density at radius 2 is 2.17 bits per heavy atom. The molecule has 2 heterocycles. The lowest BCUT2D eigenvalue weighted by atomic mass is 9.92. The first-order chi connectivity index (χ1) is 10.9. The number of carbonyl (C=O) groups excluding carboxylic acids is 1. The number of anilines is 1. The van der Waals surface area contributed by atoms with Crippen LogP contribution in [0.1, 0.15) is 52.9 Å². The van der Waals surface area contributed by atoms with E-state index in [0.29, 0.717) is 12.0 Å². The minimum Gasteiger partial charge on any atom is -0.444 e. The summed E-state index contributed by atoms with van der Waals surface area (Å²) >= 11 is 1.53. The highest BCUT2D eigenvalue weighted by molar-refractivity contribution is 7.13. The quantitative estimate of drug-likeness (QED) is 0.913. The van der Waals surface area contributed by atoms with E-state index < -0.39 is 5.60 Å². The predicted molar refractivity (Wildman–Crippen MR) is 90.6 cm³/mol. The SMILES string of the molecule is CC(C)(C)OC(=O)N1CCCC1C1CCCC1Nc1nncs1. The zero-order valence-corrected chi connectivity index (χ0v) is 14.9. The van der Waals surface area contributed by atoms with Gasteiger partial charge < -0.3 is 15.0 Å². The summed E-state index contributed by atoms with van der Waals surface area (Å²) in [6.45, 7) is 6.57. The lowest BCUT2D eigenvalue weighted by molar-refractivity contribution is 0.0175. The van der Waals surface area contributed by atoms with E-state index in [4.69, 9.17) is 4.74 Å². The number of hydrogen-bond acceptors (Lipinski definition) is 6. The summed E-state index contributed by atoms with van der Waals surface area (Å²) in [5.41, 5.74) is 1.30. The number of nitrogens with one attached hydrogen (secondary N) is 1. The van der Waals surface area contributed by atoms with Crippen molar-refractivity contribution in [1.29, 1.82) is 0 Å². The Balaban J connectivity index is 1.67. The summed E-state index contributed by atoms with van der Waals surface area (Å²) in [7, 11) is 0. The van der Waals surface area contributed by atoms with Gasteiger partial charge in [0.15, 0.2) is 0 Å². The van der Waals surface area contributed by atoms with Gasteiger partial charge in [-0.3, -0.25) is 0 Å². The standard InChI is InChI=1S/C16H26N4O2S/c1-16(2,3)22-15(21)20-9-5-8-13(20)11-6-4-7-12(11)18-14-19-17-10-23-14/h10-13H,4-9H2,1-3H3,(H,18,19). The molecular formula is C16H26N4O2S. The van der Waals surface area contributed by atoms with Crippen LogP contribution < -0.4 is 5.32 Å². The van der Waals surface area contributed by atoms with Crippen LogP contribution in [-0.4, -0.2) is 45.4 Å². The number of nitrogens with zero attached hydrogens (tertiary/aromatic N) is 3. The molecule has 1 amide bonds. The van der Waals surface area contributed by atoms with Gasteiger partial charge in [-0.25, -0.2) is 4.79 Å². The van der Waals surface area contributed by atoms with Gasteiger partial charge in [-0.2, -0.15) is 0 Å². The minimum absolute atomic E-state index is 0.165. The van der Waals surface area contributed by atoms with Gasteiger partial charge >= 0.3 is 6.09 Å². The number of carbonyl (C=O) groups is 1. The van der Waals surface area contributed by atoms with Crippen molar-refractivity contribution in [2.75, 3.05) is 11.9 Å². The highest BCUT2D eigenvalue weighted by Gasteiger charge is 2.42. The first-order valence-corrected chi connectivity index (χ1v) is 9.34. The summed E-state index contributed by atoms with van der Waals surface area (Å²) in [6.07, 6.45) is 5.44. The van der Waals surface area contributed by atoms with Crippen LogP contribution >= 0.6 is 11.3 Å². The fourth-order valence-electron chi connectivity index (χ4n) is 3.81. The lowest BCUT2D eigenvalue weighted by Gasteiger charge is -2.34. The molecule has 1 saturated heterocycles. The molecule has 0 spiro atoms. The van der Waals surface area contributed by atoms with Crippen LogP contribution in [0.5, 0.6) is 0 Å². The Morgan fingerprint density at radius 1 is 1.35 bits per heavy atom. The highest BCUT2D eigenvalue weighted by atomic mass is 32.1. The molecule has 2 fully saturated rings. The van der Waals surface area contributed by atoms with Crippen LogP contribution in [0.15, 0.2) is 5.51 Å². The molecule has 3 atom stereocenters. The Bertz CT molecular complexity index is 529. The molecule has 1 aromatic heterocycles. The van der Waals surface area contributed by atoms with Gasteiger partial charge in [-0.05, 0) is 52.4 Å². The number of ether oxygens (including phenoxy) is 1. The lowest BCUT2D eigenvalue weighted by Crippen LogP contribution is -2.46. The second kappa shape index (κ2) is 6.63. The molecule has 6 nitrogen and oxygen atoms in total.